The highest BCUT2D eigenvalue weighted by Crippen LogP contribution is 2.33. The number of hydrogen-bond acceptors (Lipinski definition) is 13. The number of aliphatic hydroxyl groups excluding tert-OH is 1. The number of unbranched alkanes of at least 4 members (excludes halogenated alkanes) is 1. The van der Waals surface area contributed by atoms with E-state index in [9.17, 15) is 24.3 Å². The van der Waals surface area contributed by atoms with Crippen molar-refractivity contribution in [3.63, 3.8) is 0 Å². The number of thioether (sulfide) groups is 1. The van der Waals surface area contributed by atoms with Crippen LogP contribution in [0.5, 0.6) is 0 Å². The number of carbonyl (C=O) groups is 3. The van der Waals surface area contributed by atoms with Crippen molar-refractivity contribution >= 4 is 35.4 Å². The van der Waals surface area contributed by atoms with Crippen LogP contribution in [-0.2, 0) is 39.7 Å². The molecule has 3 fully saturated rings. The smallest absolute Gasteiger partial charge is 0.351 e. The van der Waals surface area contributed by atoms with Crippen LogP contribution < -0.4 is 32.7 Å². The van der Waals surface area contributed by atoms with Gasteiger partial charge in [0.25, 0.3) is 0 Å². The molecular weight excluding hydrogens is 686 g/mol. The number of aliphatic hydroxyl groups is 1. The lowest BCUT2D eigenvalue weighted by Crippen LogP contribution is -2.36. The van der Waals surface area contributed by atoms with Gasteiger partial charge in [0, 0.05) is 48.7 Å². The molecule has 3 aliphatic heterocycles. The summed E-state index contributed by atoms with van der Waals surface area (Å²) in [6.07, 6.45) is 6.84. The van der Waals surface area contributed by atoms with Gasteiger partial charge in [-0.25, -0.2) is 9.59 Å². The Hall–Kier alpha value is -3.00. The van der Waals surface area contributed by atoms with Gasteiger partial charge in [-0.2, -0.15) is 16.7 Å². The van der Waals surface area contributed by atoms with Gasteiger partial charge in [0.15, 0.2) is 0 Å². The van der Waals surface area contributed by atoms with Crippen molar-refractivity contribution in [3.8, 4) is 0 Å². The molecule has 4 amide bonds. The molecule has 4 heterocycles. The van der Waals surface area contributed by atoms with Crippen molar-refractivity contribution in [2.24, 2.45) is 0 Å². The summed E-state index contributed by atoms with van der Waals surface area (Å²) < 4.78 is 29.0. The number of fused-ring (bicyclic) bond motifs is 1. The molecule has 0 unspecified atom stereocenters. The first-order valence-electron chi connectivity index (χ1n) is 18.0. The molecule has 3 aliphatic rings. The number of aromatic nitrogens is 2. The molecule has 4 rings (SSSR count). The van der Waals surface area contributed by atoms with E-state index in [-0.39, 0.29) is 61.5 Å². The Kier molecular flexibility index (Phi) is 18.2. The number of urea groups is 1. The summed E-state index contributed by atoms with van der Waals surface area (Å²) in [7, 11) is 0. The van der Waals surface area contributed by atoms with Crippen molar-refractivity contribution in [1.29, 1.82) is 0 Å². The van der Waals surface area contributed by atoms with E-state index in [2.05, 4.69) is 26.3 Å². The lowest BCUT2D eigenvalue weighted by molar-refractivity contribution is -0.122. The summed E-state index contributed by atoms with van der Waals surface area (Å²) in [5, 5.41) is 21.4. The molecule has 1 aromatic rings. The summed E-state index contributed by atoms with van der Waals surface area (Å²) in [5.41, 5.74) is 6.16. The summed E-state index contributed by atoms with van der Waals surface area (Å²) in [6, 6.07) is 0.374. The van der Waals surface area contributed by atoms with Crippen molar-refractivity contribution in [3.05, 3.63) is 22.2 Å². The number of nitrogen functional groups attached to an aromatic ring is 1. The highest BCUT2D eigenvalue weighted by molar-refractivity contribution is 8.00. The van der Waals surface area contributed by atoms with E-state index in [1.807, 2.05) is 11.8 Å². The van der Waals surface area contributed by atoms with E-state index in [0.717, 1.165) is 25.0 Å². The minimum Gasteiger partial charge on any atom is -0.394 e. The molecule has 0 bridgehead atoms. The number of ether oxygens (including phenoxy) is 5. The van der Waals surface area contributed by atoms with Crippen LogP contribution in [0.1, 0.15) is 63.2 Å². The first-order chi connectivity index (χ1) is 24.8. The molecule has 0 saturated carbocycles. The number of nitrogens with one attached hydrogen (secondary N) is 4. The third-order valence-electron chi connectivity index (χ3n) is 8.84. The third kappa shape index (κ3) is 14.5. The van der Waals surface area contributed by atoms with E-state index >= 15 is 0 Å². The number of rotatable bonds is 26. The van der Waals surface area contributed by atoms with Crippen molar-refractivity contribution in [1.82, 2.24) is 30.8 Å². The lowest BCUT2D eigenvalue weighted by atomic mass is 10.0. The minimum atomic E-state index is -0.485. The molecule has 7 N–H and O–H groups in total. The summed E-state index contributed by atoms with van der Waals surface area (Å²) in [4.78, 5) is 51.8. The summed E-state index contributed by atoms with van der Waals surface area (Å²) in [5.74, 6) is 1.02. The Morgan fingerprint density at radius 1 is 0.922 bits per heavy atom. The van der Waals surface area contributed by atoms with Crippen LogP contribution in [0.15, 0.2) is 11.0 Å². The molecular formula is C33H55N7O10S. The van der Waals surface area contributed by atoms with Crippen molar-refractivity contribution in [2.75, 3.05) is 84.0 Å². The fraction of sp³-hybridized carbons (Fsp3) is 0.788. The number of carbonyl (C=O) groups excluding carboxylic acids is 3. The van der Waals surface area contributed by atoms with Crippen molar-refractivity contribution < 1.29 is 43.2 Å². The van der Waals surface area contributed by atoms with Crippen LogP contribution in [0, 0.1) is 0 Å². The standard InChI is InChI=1S/C33H55N7O10S/c34-31-23(20-40(33(45)39-31)29-8-7-24(21-41)50-29)4-3-10-35-28(43)9-12-46-14-16-48-18-19-49-17-15-47-13-11-36-27(42)6-2-1-5-26-30-25(22-51-26)37-32(44)38-30/h20,24-26,29-30,41H,1-19,21-22H2,(H,35,43)(H,36,42)(H2,34,39,45)(H2,37,38,44)/t24-,25-,26-,29+,30-/m0/s1. The Balaban J connectivity index is 0.870. The third-order valence-corrected chi connectivity index (χ3v) is 10.4. The van der Waals surface area contributed by atoms with Gasteiger partial charge in [-0.3, -0.25) is 14.2 Å². The average molecular weight is 742 g/mol. The zero-order valence-electron chi connectivity index (χ0n) is 29.3. The second kappa shape index (κ2) is 22.8. The van der Waals surface area contributed by atoms with Gasteiger partial charge < -0.3 is 55.8 Å². The first-order valence-corrected chi connectivity index (χ1v) is 19.1. The van der Waals surface area contributed by atoms with Crippen LogP contribution in [0.4, 0.5) is 10.6 Å². The fourth-order valence-electron chi connectivity index (χ4n) is 6.09. The van der Waals surface area contributed by atoms with Gasteiger partial charge in [0.05, 0.1) is 77.6 Å². The molecule has 17 nitrogen and oxygen atoms in total. The average Bonchev–Trinajstić information content (AvgIpc) is 3.84. The normalized spacial score (nSPS) is 22.5. The number of nitrogens with zero attached hydrogens (tertiary/aromatic N) is 2. The summed E-state index contributed by atoms with van der Waals surface area (Å²) in [6.45, 7) is 3.96. The van der Waals surface area contributed by atoms with E-state index in [1.165, 1.54) is 4.57 Å². The molecule has 288 valence electrons. The number of nitrogens with two attached hydrogens (primary N) is 1. The fourth-order valence-corrected chi connectivity index (χ4v) is 7.64. The topological polar surface area (TPSA) is 227 Å². The van der Waals surface area contributed by atoms with Crippen LogP contribution >= 0.6 is 11.8 Å². The zero-order valence-corrected chi connectivity index (χ0v) is 30.1. The molecule has 0 spiro atoms. The molecule has 1 aromatic heterocycles. The van der Waals surface area contributed by atoms with Gasteiger partial charge in [0.2, 0.25) is 11.8 Å². The van der Waals surface area contributed by atoms with Crippen LogP contribution in [0.25, 0.3) is 0 Å². The molecule has 3 saturated heterocycles. The lowest BCUT2D eigenvalue weighted by Gasteiger charge is -2.16. The monoisotopic (exact) mass is 741 g/mol. The molecule has 51 heavy (non-hydrogen) atoms. The quantitative estimate of drug-likeness (QED) is 0.0537. The Morgan fingerprint density at radius 2 is 1.61 bits per heavy atom. The SMILES string of the molecule is Nc1nc(=O)n([C@H]2CC[C@@H](CO)O2)cc1CCCNC(=O)CCOCCOCCOCCOCCNC(=O)CCCC[C@@H]1SC[C@@H]2NC(=O)N[C@@H]21. The number of amides is 4. The minimum absolute atomic E-state index is 0.0244. The van der Waals surface area contributed by atoms with Gasteiger partial charge in [-0.05, 0) is 38.5 Å². The number of hydrogen-bond donors (Lipinski definition) is 6. The predicted octanol–water partition coefficient (Wildman–Crippen LogP) is -0.157. The molecule has 18 heteroatoms. The van der Waals surface area contributed by atoms with Crippen LogP contribution in [0.3, 0.4) is 0 Å². The van der Waals surface area contributed by atoms with E-state index < -0.39 is 11.9 Å². The largest absolute Gasteiger partial charge is 0.394 e. The maximum atomic E-state index is 12.3. The Bertz CT molecular complexity index is 1290. The van der Waals surface area contributed by atoms with Crippen LogP contribution in [-0.4, -0.2) is 134 Å². The predicted molar refractivity (Wildman–Crippen MR) is 189 cm³/mol. The van der Waals surface area contributed by atoms with Gasteiger partial charge in [0.1, 0.15) is 12.0 Å². The maximum Gasteiger partial charge on any atom is 0.351 e. The Morgan fingerprint density at radius 3 is 2.33 bits per heavy atom. The van der Waals surface area contributed by atoms with Gasteiger partial charge >= 0.3 is 11.7 Å². The molecule has 0 aliphatic carbocycles. The second-order valence-electron chi connectivity index (χ2n) is 12.7. The second-order valence-corrected chi connectivity index (χ2v) is 14.0. The molecule has 5 atom stereocenters. The molecule has 0 radical (unpaired) electrons. The Labute approximate surface area is 302 Å². The van der Waals surface area contributed by atoms with Crippen LogP contribution in [0.2, 0.25) is 0 Å². The summed E-state index contributed by atoms with van der Waals surface area (Å²) >= 11 is 1.89. The van der Waals surface area contributed by atoms with E-state index in [4.69, 9.17) is 29.4 Å². The highest BCUT2D eigenvalue weighted by atomic mass is 32.2. The first kappa shape index (κ1) is 40.8. The van der Waals surface area contributed by atoms with E-state index in [0.29, 0.717) is 102 Å². The zero-order chi connectivity index (χ0) is 36.3. The van der Waals surface area contributed by atoms with E-state index in [1.54, 1.807) is 6.20 Å². The number of aryl methyl sites for hydroxylation is 1. The number of anilines is 1. The van der Waals surface area contributed by atoms with Gasteiger partial charge in [-0.15, -0.1) is 0 Å². The van der Waals surface area contributed by atoms with Crippen molar-refractivity contribution in [2.45, 2.75) is 87.5 Å². The molecule has 0 aromatic carbocycles. The maximum absolute atomic E-state index is 12.3. The highest BCUT2D eigenvalue weighted by Gasteiger charge is 2.42. The van der Waals surface area contributed by atoms with Gasteiger partial charge in [-0.1, -0.05) is 6.42 Å².